The number of hydrogen-bond acceptors (Lipinski definition) is 3. The first-order valence-electron chi connectivity index (χ1n) is 5.36. The lowest BCUT2D eigenvalue weighted by Gasteiger charge is -2.22. The Labute approximate surface area is 82.5 Å². The molecule has 0 saturated heterocycles. The Hall–Kier alpha value is -0.120. The summed E-state index contributed by atoms with van der Waals surface area (Å²) in [5.74, 6) is 0.685. The zero-order valence-corrected chi connectivity index (χ0v) is 9.27. The molecule has 4 N–H and O–H groups in total. The van der Waals surface area contributed by atoms with E-state index in [0.29, 0.717) is 12.0 Å². The fourth-order valence-corrected chi connectivity index (χ4v) is 1.29. The zero-order valence-electron chi connectivity index (χ0n) is 9.27. The van der Waals surface area contributed by atoms with E-state index in [-0.39, 0.29) is 0 Å². The van der Waals surface area contributed by atoms with Crippen LogP contribution in [0.2, 0.25) is 0 Å². The van der Waals surface area contributed by atoms with Crippen molar-refractivity contribution in [2.24, 2.45) is 11.7 Å². The maximum Gasteiger partial charge on any atom is 0.0215 e. The quantitative estimate of drug-likeness (QED) is 0.487. The second-order valence-corrected chi connectivity index (χ2v) is 3.75. The molecule has 0 aromatic carbocycles. The van der Waals surface area contributed by atoms with Crippen LogP contribution in [-0.2, 0) is 0 Å². The number of likely N-dealkylation sites (N-methyl/N-ethyl adjacent to an activating group) is 1. The average molecular weight is 187 g/mol. The van der Waals surface area contributed by atoms with E-state index in [1.165, 1.54) is 0 Å². The van der Waals surface area contributed by atoms with Gasteiger partial charge in [0.25, 0.3) is 0 Å². The number of hydrogen-bond donors (Lipinski definition) is 3. The van der Waals surface area contributed by atoms with Gasteiger partial charge in [-0.1, -0.05) is 20.8 Å². The highest BCUT2D eigenvalue weighted by Crippen LogP contribution is 1.99. The largest absolute Gasteiger partial charge is 0.330 e. The number of rotatable bonds is 8. The van der Waals surface area contributed by atoms with E-state index in [4.69, 9.17) is 5.73 Å². The predicted octanol–water partition coefficient (Wildman–Crippen LogP) is 0.559. The molecule has 0 aromatic heterocycles. The standard InChI is InChI=1S/C10H25N3/c1-4-13-10(9(2)3)8-12-7-5-6-11/h9-10,12-13H,4-8,11H2,1-3H3/t10-/m1/s1. The van der Waals surface area contributed by atoms with Crippen molar-refractivity contribution in [1.29, 1.82) is 0 Å². The molecule has 0 aliphatic rings. The van der Waals surface area contributed by atoms with Crippen molar-refractivity contribution in [3.8, 4) is 0 Å². The topological polar surface area (TPSA) is 50.1 Å². The molecule has 0 rings (SSSR count). The molecule has 0 bridgehead atoms. The summed E-state index contributed by atoms with van der Waals surface area (Å²) in [6.07, 6.45) is 1.07. The molecule has 0 aliphatic heterocycles. The van der Waals surface area contributed by atoms with Gasteiger partial charge in [0.15, 0.2) is 0 Å². The van der Waals surface area contributed by atoms with E-state index >= 15 is 0 Å². The lowest BCUT2D eigenvalue weighted by molar-refractivity contribution is 0.386. The van der Waals surface area contributed by atoms with Crippen LogP contribution in [0.4, 0.5) is 0 Å². The van der Waals surface area contributed by atoms with Crippen LogP contribution in [0.15, 0.2) is 0 Å². The normalized spacial score (nSPS) is 13.6. The van der Waals surface area contributed by atoms with Crippen LogP contribution >= 0.6 is 0 Å². The molecule has 0 fully saturated rings. The van der Waals surface area contributed by atoms with Gasteiger partial charge in [-0.3, -0.25) is 0 Å². The summed E-state index contributed by atoms with van der Waals surface area (Å²) in [5.41, 5.74) is 5.41. The summed E-state index contributed by atoms with van der Waals surface area (Å²) in [4.78, 5) is 0. The van der Waals surface area contributed by atoms with E-state index < -0.39 is 0 Å². The van der Waals surface area contributed by atoms with E-state index in [2.05, 4.69) is 31.4 Å². The van der Waals surface area contributed by atoms with Crippen LogP contribution in [0.1, 0.15) is 27.2 Å². The first kappa shape index (κ1) is 12.9. The van der Waals surface area contributed by atoms with Crippen LogP contribution in [0.3, 0.4) is 0 Å². The summed E-state index contributed by atoms with van der Waals surface area (Å²) in [5, 5.41) is 6.88. The summed E-state index contributed by atoms with van der Waals surface area (Å²) in [7, 11) is 0. The Kier molecular flexibility index (Phi) is 8.40. The van der Waals surface area contributed by atoms with Gasteiger partial charge in [-0.25, -0.2) is 0 Å². The van der Waals surface area contributed by atoms with Gasteiger partial charge in [-0.15, -0.1) is 0 Å². The first-order valence-corrected chi connectivity index (χ1v) is 5.36. The maximum absolute atomic E-state index is 5.41. The molecule has 13 heavy (non-hydrogen) atoms. The van der Waals surface area contributed by atoms with Crippen molar-refractivity contribution in [3.05, 3.63) is 0 Å². The minimum atomic E-state index is 0.586. The van der Waals surface area contributed by atoms with Gasteiger partial charge >= 0.3 is 0 Å². The van der Waals surface area contributed by atoms with E-state index in [0.717, 1.165) is 32.6 Å². The molecule has 3 heteroatoms. The molecule has 0 spiro atoms. The first-order chi connectivity index (χ1) is 6.22. The zero-order chi connectivity index (χ0) is 10.1. The Bertz CT molecular complexity index is 104. The van der Waals surface area contributed by atoms with Crippen LogP contribution in [-0.4, -0.2) is 32.2 Å². The lowest BCUT2D eigenvalue weighted by Crippen LogP contribution is -2.42. The third-order valence-electron chi connectivity index (χ3n) is 2.19. The lowest BCUT2D eigenvalue weighted by atomic mass is 10.0. The number of nitrogens with two attached hydrogens (primary N) is 1. The highest BCUT2D eigenvalue weighted by atomic mass is 15.0. The van der Waals surface area contributed by atoms with Crippen LogP contribution in [0.25, 0.3) is 0 Å². The van der Waals surface area contributed by atoms with Crippen molar-refractivity contribution >= 4 is 0 Å². The summed E-state index contributed by atoms with van der Waals surface area (Å²) in [6.45, 7) is 10.5. The second kappa shape index (κ2) is 8.48. The van der Waals surface area contributed by atoms with Crippen LogP contribution < -0.4 is 16.4 Å². The Balaban J connectivity index is 3.45. The van der Waals surface area contributed by atoms with E-state index in [1.54, 1.807) is 0 Å². The predicted molar refractivity (Wildman–Crippen MR) is 58.8 cm³/mol. The summed E-state index contributed by atoms with van der Waals surface area (Å²) < 4.78 is 0. The second-order valence-electron chi connectivity index (χ2n) is 3.75. The molecule has 1 atom stereocenters. The minimum absolute atomic E-state index is 0.586. The van der Waals surface area contributed by atoms with Gasteiger partial charge < -0.3 is 16.4 Å². The van der Waals surface area contributed by atoms with E-state index in [9.17, 15) is 0 Å². The van der Waals surface area contributed by atoms with Crippen molar-refractivity contribution < 1.29 is 0 Å². The highest BCUT2D eigenvalue weighted by molar-refractivity contribution is 4.72. The smallest absolute Gasteiger partial charge is 0.0215 e. The summed E-state index contributed by atoms with van der Waals surface area (Å²) in [6, 6.07) is 0.586. The third kappa shape index (κ3) is 6.99. The van der Waals surface area contributed by atoms with Gasteiger partial charge in [-0.05, 0) is 32.0 Å². The Morgan fingerprint density at radius 3 is 2.46 bits per heavy atom. The highest BCUT2D eigenvalue weighted by Gasteiger charge is 2.10. The van der Waals surface area contributed by atoms with Gasteiger partial charge in [0.1, 0.15) is 0 Å². The molecule has 0 aliphatic carbocycles. The molecule has 0 heterocycles. The summed E-state index contributed by atoms with van der Waals surface area (Å²) >= 11 is 0. The fourth-order valence-electron chi connectivity index (χ4n) is 1.29. The van der Waals surface area contributed by atoms with Crippen molar-refractivity contribution in [1.82, 2.24) is 10.6 Å². The minimum Gasteiger partial charge on any atom is -0.330 e. The van der Waals surface area contributed by atoms with E-state index in [1.807, 2.05) is 0 Å². The molecule has 0 amide bonds. The van der Waals surface area contributed by atoms with Gasteiger partial charge in [0, 0.05) is 12.6 Å². The molecular formula is C10H25N3. The average Bonchev–Trinajstić information content (AvgIpc) is 2.10. The van der Waals surface area contributed by atoms with Crippen LogP contribution in [0.5, 0.6) is 0 Å². The molecule has 0 unspecified atom stereocenters. The third-order valence-corrected chi connectivity index (χ3v) is 2.19. The molecule has 80 valence electrons. The Morgan fingerprint density at radius 2 is 2.00 bits per heavy atom. The molecule has 0 radical (unpaired) electrons. The van der Waals surface area contributed by atoms with Crippen molar-refractivity contribution in [2.75, 3.05) is 26.2 Å². The Morgan fingerprint density at radius 1 is 1.31 bits per heavy atom. The van der Waals surface area contributed by atoms with Crippen LogP contribution in [0, 0.1) is 5.92 Å². The van der Waals surface area contributed by atoms with Crippen molar-refractivity contribution in [3.63, 3.8) is 0 Å². The SMILES string of the molecule is CCN[C@H](CNCCCN)C(C)C. The molecule has 0 saturated carbocycles. The van der Waals surface area contributed by atoms with Gasteiger partial charge in [0.05, 0.1) is 0 Å². The van der Waals surface area contributed by atoms with Gasteiger partial charge in [-0.2, -0.15) is 0 Å². The fraction of sp³-hybridized carbons (Fsp3) is 1.00. The molecule has 3 nitrogen and oxygen atoms in total. The number of nitrogens with one attached hydrogen (secondary N) is 2. The molecular weight excluding hydrogens is 162 g/mol. The van der Waals surface area contributed by atoms with Crippen molar-refractivity contribution in [2.45, 2.75) is 33.2 Å². The van der Waals surface area contributed by atoms with Gasteiger partial charge in [0.2, 0.25) is 0 Å². The monoisotopic (exact) mass is 187 g/mol. The molecule has 0 aromatic rings. The maximum atomic E-state index is 5.41.